The normalized spacial score (nSPS) is 9.94. The van der Waals surface area contributed by atoms with Crippen molar-refractivity contribution in [1.82, 2.24) is 4.98 Å². The van der Waals surface area contributed by atoms with Crippen LogP contribution < -0.4 is 4.74 Å². The predicted molar refractivity (Wildman–Crippen MR) is 62.9 cm³/mol. The molecule has 0 atom stereocenters. The monoisotopic (exact) mass is 230 g/mol. The standard InChI is InChI=1S/C12H10N2O3/c1-17-11-5-6-13-12(8-11)9-3-2-4-10(7-9)14(15)16/h2-8H,1H3. The highest BCUT2D eigenvalue weighted by Crippen LogP contribution is 2.24. The van der Waals surface area contributed by atoms with E-state index < -0.39 is 4.92 Å². The highest BCUT2D eigenvalue weighted by atomic mass is 16.6. The van der Waals surface area contributed by atoms with Crippen molar-refractivity contribution < 1.29 is 9.66 Å². The van der Waals surface area contributed by atoms with Gasteiger partial charge in [0.15, 0.2) is 0 Å². The van der Waals surface area contributed by atoms with E-state index in [2.05, 4.69) is 4.98 Å². The van der Waals surface area contributed by atoms with Gasteiger partial charge in [-0.15, -0.1) is 0 Å². The quantitative estimate of drug-likeness (QED) is 0.600. The fraction of sp³-hybridized carbons (Fsp3) is 0.0833. The van der Waals surface area contributed by atoms with E-state index >= 15 is 0 Å². The molecular formula is C12H10N2O3. The zero-order chi connectivity index (χ0) is 12.3. The summed E-state index contributed by atoms with van der Waals surface area (Å²) in [5.74, 6) is 0.668. The average molecular weight is 230 g/mol. The van der Waals surface area contributed by atoms with Gasteiger partial charge in [-0.05, 0) is 6.07 Å². The number of methoxy groups -OCH3 is 1. The second kappa shape index (κ2) is 4.61. The number of pyridine rings is 1. The van der Waals surface area contributed by atoms with Crippen LogP contribution in [0, 0.1) is 10.1 Å². The Morgan fingerprint density at radius 3 is 2.82 bits per heavy atom. The van der Waals surface area contributed by atoms with Gasteiger partial charge in [-0.1, -0.05) is 12.1 Å². The lowest BCUT2D eigenvalue weighted by molar-refractivity contribution is -0.384. The van der Waals surface area contributed by atoms with Crippen molar-refractivity contribution >= 4 is 5.69 Å². The number of non-ortho nitro benzene ring substituents is 1. The van der Waals surface area contributed by atoms with E-state index in [-0.39, 0.29) is 5.69 Å². The number of nitro benzene ring substituents is 1. The zero-order valence-corrected chi connectivity index (χ0v) is 9.16. The number of ether oxygens (including phenoxy) is 1. The molecule has 1 aromatic carbocycles. The molecule has 0 fully saturated rings. The molecule has 0 unspecified atom stereocenters. The van der Waals surface area contributed by atoms with Crippen molar-refractivity contribution in [3.05, 3.63) is 52.7 Å². The summed E-state index contributed by atoms with van der Waals surface area (Å²) in [7, 11) is 1.56. The molecule has 0 saturated carbocycles. The van der Waals surface area contributed by atoms with Crippen molar-refractivity contribution in [2.75, 3.05) is 7.11 Å². The summed E-state index contributed by atoms with van der Waals surface area (Å²) in [6.45, 7) is 0. The molecule has 0 aliphatic carbocycles. The van der Waals surface area contributed by atoms with E-state index in [1.807, 2.05) is 0 Å². The summed E-state index contributed by atoms with van der Waals surface area (Å²) >= 11 is 0. The first kappa shape index (κ1) is 11.1. The molecular weight excluding hydrogens is 220 g/mol. The van der Waals surface area contributed by atoms with Crippen LogP contribution in [0.2, 0.25) is 0 Å². The molecule has 1 aromatic heterocycles. The van der Waals surface area contributed by atoms with Gasteiger partial charge < -0.3 is 4.74 Å². The fourth-order valence-electron chi connectivity index (χ4n) is 1.47. The minimum absolute atomic E-state index is 0.0483. The van der Waals surface area contributed by atoms with Crippen LogP contribution >= 0.6 is 0 Å². The van der Waals surface area contributed by atoms with E-state index in [1.165, 1.54) is 12.1 Å². The molecule has 0 amide bonds. The SMILES string of the molecule is COc1ccnc(-c2cccc([N+](=O)[O-])c2)c1. The van der Waals surface area contributed by atoms with Crippen molar-refractivity contribution in [2.24, 2.45) is 0 Å². The van der Waals surface area contributed by atoms with Gasteiger partial charge in [0.1, 0.15) is 5.75 Å². The van der Waals surface area contributed by atoms with Crippen LogP contribution in [0.1, 0.15) is 0 Å². The molecule has 86 valence electrons. The summed E-state index contributed by atoms with van der Waals surface area (Å²) in [4.78, 5) is 14.4. The van der Waals surface area contributed by atoms with Crippen molar-refractivity contribution in [2.45, 2.75) is 0 Å². The Morgan fingerprint density at radius 2 is 2.12 bits per heavy atom. The first-order valence-electron chi connectivity index (χ1n) is 4.95. The maximum absolute atomic E-state index is 10.7. The Hall–Kier alpha value is -2.43. The molecule has 0 saturated heterocycles. The van der Waals surface area contributed by atoms with Crippen LogP contribution in [0.5, 0.6) is 5.75 Å². The Bertz CT molecular complexity index is 555. The third-order valence-electron chi connectivity index (χ3n) is 2.32. The largest absolute Gasteiger partial charge is 0.497 e. The van der Waals surface area contributed by atoms with Crippen LogP contribution in [0.25, 0.3) is 11.3 Å². The Kier molecular flexibility index (Phi) is 3.00. The maximum Gasteiger partial charge on any atom is 0.270 e. The Balaban J connectivity index is 2.45. The first-order valence-corrected chi connectivity index (χ1v) is 4.95. The molecule has 2 rings (SSSR count). The number of nitrogens with zero attached hydrogens (tertiary/aromatic N) is 2. The van der Waals surface area contributed by atoms with Gasteiger partial charge in [-0.25, -0.2) is 0 Å². The predicted octanol–water partition coefficient (Wildman–Crippen LogP) is 2.67. The van der Waals surface area contributed by atoms with Gasteiger partial charge in [0.05, 0.1) is 17.7 Å². The van der Waals surface area contributed by atoms with E-state index in [9.17, 15) is 10.1 Å². The third-order valence-corrected chi connectivity index (χ3v) is 2.32. The molecule has 17 heavy (non-hydrogen) atoms. The molecule has 0 aliphatic rings. The van der Waals surface area contributed by atoms with Gasteiger partial charge in [-0.2, -0.15) is 0 Å². The zero-order valence-electron chi connectivity index (χ0n) is 9.16. The van der Waals surface area contributed by atoms with Crippen LogP contribution in [0.4, 0.5) is 5.69 Å². The number of aromatic nitrogens is 1. The molecule has 1 heterocycles. The molecule has 0 N–H and O–H groups in total. The van der Waals surface area contributed by atoms with Crippen LogP contribution in [0.3, 0.4) is 0 Å². The third kappa shape index (κ3) is 2.39. The Labute approximate surface area is 97.8 Å². The lowest BCUT2D eigenvalue weighted by atomic mass is 10.1. The number of benzene rings is 1. The van der Waals surface area contributed by atoms with Gasteiger partial charge in [0.25, 0.3) is 5.69 Å². The molecule has 0 bridgehead atoms. The first-order chi connectivity index (χ1) is 8.20. The summed E-state index contributed by atoms with van der Waals surface area (Å²) in [6.07, 6.45) is 1.60. The minimum Gasteiger partial charge on any atom is -0.497 e. The summed E-state index contributed by atoms with van der Waals surface area (Å²) in [5, 5.41) is 10.7. The highest BCUT2D eigenvalue weighted by molar-refractivity contribution is 5.63. The molecule has 0 spiro atoms. The second-order valence-electron chi connectivity index (χ2n) is 3.39. The van der Waals surface area contributed by atoms with Gasteiger partial charge >= 0.3 is 0 Å². The van der Waals surface area contributed by atoms with Gasteiger partial charge in [-0.3, -0.25) is 15.1 Å². The van der Waals surface area contributed by atoms with E-state index in [1.54, 1.807) is 37.6 Å². The van der Waals surface area contributed by atoms with Crippen LogP contribution in [-0.4, -0.2) is 17.0 Å². The summed E-state index contributed by atoms with van der Waals surface area (Å²) in [5.41, 5.74) is 1.39. The fourth-order valence-corrected chi connectivity index (χ4v) is 1.47. The van der Waals surface area contributed by atoms with Crippen molar-refractivity contribution in [1.29, 1.82) is 0 Å². The van der Waals surface area contributed by atoms with Gasteiger partial charge in [0, 0.05) is 30.0 Å². The number of hydrogen-bond donors (Lipinski definition) is 0. The molecule has 0 aliphatic heterocycles. The minimum atomic E-state index is -0.427. The number of rotatable bonds is 3. The maximum atomic E-state index is 10.7. The molecule has 5 nitrogen and oxygen atoms in total. The van der Waals surface area contributed by atoms with E-state index in [4.69, 9.17) is 4.74 Å². The highest BCUT2D eigenvalue weighted by Gasteiger charge is 2.08. The summed E-state index contributed by atoms with van der Waals surface area (Å²) in [6, 6.07) is 9.80. The van der Waals surface area contributed by atoms with Crippen molar-refractivity contribution in [3.63, 3.8) is 0 Å². The second-order valence-corrected chi connectivity index (χ2v) is 3.39. The molecule has 0 radical (unpaired) electrons. The smallest absolute Gasteiger partial charge is 0.270 e. The van der Waals surface area contributed by atoms with Crippen LogP contribution in [0.15, 0.2) is 42.6 Å². The molecule has 5 heteroatoms. The van der Waals surface area contributed by atoms with E-state index in [0.717, 1.165) is 0 Å². The van der Waals surface area contributed by atoms with Gasteiger partial charge in [0.2, 0.25) is 0 Å². The molecule has 2 aromatic rings. The average Bonchev–Trinajstić information content (AvgIpc) is 2.39. The topological polar surface area (TPSA) is 65.3 Å². The lowest BCUT2D eigenvalue weighted by Crippen LogP contribution is -1.90. The summed E-state index contributed by atoms with van der Waals surface area (Å²) < 4.78 is 5.08. The number of nitro groups is 1. The number of hydrogen-bond acceptors (Lipinski definition) is 4. The van der Waals surface area contributed by atoms with E-state index in [0.29, 0.717) is 17.0 Å². The van der Waals surface area contributed by atoms with Crippen LogP contribution in [-0.2, 0) is 0 Å². The van der Waals surface area contributed by atoms with Crippen molar-refractivity contribution in [3.8, 4) is 17.0 Å². The lowest BCUT2D eigenvalue weighted by Gasteiger charge is -2.03. The Morgan fingerprint density at radius 1 is 1.29 bits per heavy atom.